The first-order valence-electron chi connectivity index (χ1n) is 12.8. The molecule has 1 N–H and O–H groups in total. The Morgan fingerprint density at radius 1 is 1.03 bits per heavy atom. The van der Waals surface area contributed by atoms with E-state index in [2.05, 4.69) is 34.6 Å². The SMILES string of the molecule is CC(C)CCCC(C)[C@H]1CC[C@H]2[C@H](CC(=O)O)[C@@H]([C@@]3(C)CCCCC3=O)CC[C@]12C. The second-order valence-electron chi connectivity index (χ2n) is 12.1. The highest BCUT2D eigenvalue weighted by molar-refractivity contribution is 5.85. The summed E-state index contributed by atoms with van der Waals surface area (Å²) in [5.41, 5.74) is -0.0391. The van der Waals surface area contributed by atoms with Crippen molar-refractivity contribution in [1.82, 2.24) is 0 Å². The van der Waals surface area contributed by atoms with E-state index < -0.39 is 5.97 Å². The molecule has 30 heavy (non-hydrogen) atoms. The van der Waals surface area contributed by atoms with E-state index in [0.717, 1.165) is 38.0 Å². The third kappa shape index (κ3) is 4.51. The number of carbonyl (C=O) groups excluding carboxylic acids is 1. The van der Waals surface area contributed by atoms with Crippen molar-refractivity contribution in [2.24, 2.45) is 46.3 Å². The summed E-state index contributed by atoms with van der Waals surface area (Å²) in [5.74, 6) is 2.83. The van der Waals surface area contributed by atoms with E-state index in [4.69, 9.17) is 0 Å². The van der Waals surface area contributed by atoms with Crippen LogP contribution in [-0.2, 0) is 9.59 Å². The molecule has 3 nitrogen and oxygen atoms in total. The number of hydrogen-bond donors (Lipinski definition) is 1. The molecule has 3 saturated carbocycles. The minimum atomic E-state index is -0.672. The Labute approximate surface area is 184 Å². The largest absolute Gasteiger partial charge is 0.481 e. The quantitative estimate of drug-likeness (QED) is 0.456. The molecule has 7 atom stereocenters. The molecule has 0 aromatic rings. The molecule has 1 unspecified atom stereocenters. The topological polar surface area (TPSA) is 54.4 Å². The summed E-state index contributed by atoms with van der Waals surface area (Å²) >= 11 is 0. The van der Waals surface area contributed by atoms with Crippen LogP contribution in [-0.4, -0.2) is 16.9 Å². The zero-order valence-electron chi connectivity index (χ0n) is 20.2. The van der Waals surface area contributed by atoms with Crippen LogP contribution in [0.25, 0.3) is 0 Å². The number of carboxylic acid groups (broad SMARTS) is 1. The predicted molar refractivity (Wildman–Crippen MR) is 122 cm³/mol. The third-order valence-electron chi connectivity index (χ3n) is 9.85. The fraction of sp³-hybridized carbons (Fsp3) is 0.926. The normalized spacial score (nSPS) is 40.4. The standard InChI is InChI=1S/C27H46O3/c1-18(2)9-8-10-19(3)21-12-13-22-20(17-25(29)30)23(14-16-26(21,22)4)27(5)15-7-6-11-24(27)28/h18-23H,6-17H2,1-5H3,(H,29,30)/t19?,20-,21+,22-,23-,26+,27+/m0/s1. The van der Waals surface area contributed by atoms with Crippen LogP contribution in [0.2, 0.25) is 0 Å². The van der Waals surface area contributed by atoms with Crippen molar-refractivity contribution >= 4 is 11.8 Å². The van der Waals surface area contributed by atoms with Crippen LogP contribution in [0.15, 0.2) is 0 Å². The number of rotatable bonds is 8. The lowest BCUT2D eigenvalue weighted by molar-refractivity contribution is -0.149. The number of carbonyl (C=O) groups is 2. The Balaban J connectivity index is 1.80. The van der Waals surface area contributed by atoms with Gasteiger partial charge in [-0.1, -0.05) is 60.3 Å². The van der Waals surface area contributed by atoms with Crippen LogP contribution in [0.4, 0.5) is 0 Å². The fourth-order valence-corrected chi connectivity index (χ4v) is 8.18. The Hall–Kier alpha value is -0.860. The fourth-order valence-electron chi connectivity index (χ4n) is 8.18. The van der Waals surface area contributed by atoms with Gasteiger partial charge in [-0.2, -0.15) is 0 Å². The van der Waals surface area contributed by atoms with Crippen molar-refractivity contribution in [3.05, 3.63) is 0 Å². The van der Waals surface area contributed by atoms with Gasteiger partial charge in [0.15, 0.2) is 0 Å². The second-order valence-corrected chi connectivity index (χ2v) is 12.1. The smallest absolute Gasteiger partial charge is 0.303 e. The van der Waals surface area contributed by atoms with Crippen molar-refractivity contribution in [1.29, 1.82) is 0 Å². The number of aliphatic carboxylic acids is 1. The third-order valence-corrected chi connectivity index (χ3v) is 9.85. The Morgan fingerprint density at radius 3 is 2.40 bits per heavy atom. The maximum absolute atomic E-state index is 13.0. The molecule has 0 bridgehead atoms. The lowest BCUT2D eigenvalue weighted by Gasteiger charge is -2.54. The van der Waals surface area contributed by atoms with Crippen molar-refractivity contribution in [2.75, 3.05) is 0 Å². The van der Waals surface area contributed by atoms with Crippen LogP contribution >= 0.6 is 0 Å². The van der Waals surface area contributed by atoms with Gasteiger partial charge in [-0.25, -0.2) is 0 Å². The molecule has 3 heteroatoms. The van der Waals surface area contributed by atoms with Crippen molar-refractivity contribution < 1.29 is 14.7 Å². The van der Waals surface area contributed by atoms with Crippen LogP contribution in [0, 0.1) is 46.3 Å². The molecule has 0 radical (unpaired) electrons. The first-order valence-corrected chi connectivity index (χ1v) is 12.8. The van der Waals surface area contributed by atoms with Gasteiger partial charge in [-0.3, -0.25) is 9.59 Å². The number of Topliss-reactive ketones (excluding diaryl/α,β-unsaturated/α-hetero) is 1. The summed E-state index contributed by atoms with van der Waals surface area (Å²) in [7, 11) is 0. The summed E-state index contributed by atoms with van der Waals surface area (Å²) in [6.07, 6.45) is 12.6. The molecular formula is C27H46O3. The zero-order valence-corrected chi connectivity index (χ0v) is 20.2. The molecule has 0 aromatic heterocycles. The second kappa shape index (κ2) is 9.33. The monoisotopic (exact) mass is 418 g/mol. The van der Waals surface area contributed by atoms with Gasteiger partial charge in [-0.05, 0) is 79.4 Å². The molecule has 0 amide bonds. The predicted octanol–water partition coefficient (Wildman–Crippen LogP) is 7.13. The summed E-state index contributed by atoms with van der Waals surface area (Å²) < 4.78 is 0. The summed E-state index contributed by atoms with van der Waals surface area (Å²) in [6.45, 7) is 11.7. The summed E-state index contributed by atoms with van der Waals surface area (Å²) in [5, 5.41) is 9.79. The number of fused-ring (bicyclic) bond motifs is 1. The zero-order chi connectivity index (χ0) is 22.1. The summed E-state index contributed by atoms with van der Waals surface area (Å²) in [6, 6.07) is 0. The van der Waals surface area contributed by atoms with Crippen LogP contribution in [0.3, 0.4) is 0 Å². The highest BCUT2D eigenvalue weighted by Gasteiger charge is 2.58. The van der Waals surface area contributed by atoms with Gasteiger partial charge in [0, 0.05) is 18.3 Å². The van der Waals surface area contributed by atoms with E-state index in [-0.39, 0.29) is 29.1 Å². The van der Waals surface area contributed by atoms with E-state index in [1.165, 1.54) is 32.1 Å². The van der Waals surface area contributed by atoms with Crippen molar-refractivity contribution in [3.63, 3.8) is 0 Å². The van der Waals surface area contributed by atoms with E-state index in [1.54, 1.807) is 0 Å². The maximum Gasteiger partial charge on any atom is 0.303 e. The minimum Gasteiger partial charge on any atom is -0.481 e. The van der Waals surface area contributed by atoms with Gasteiger partial charge in [0.05, 0.1) is 0 Å². The first-order chi connectivity index (χ1) is 14.1. The molecule has 0 aliphatic heterocycles. The lowest BCUT2D eigenvalue weighted by atomic mass is 9.49. The van der Waals surface area contributed by atoms with Gasteiger partial charge < -0.3 is 5.11 Å². The number of carboxylic acids is 1. The minimum absolute atomic E-state index is 0.168. The Bertz CT molecular complexity index is 626. The first kappa shape index (κ1) is 23.8. The van der Waals surface area contributed by atoms with E-state index in [9.17, 15) is 14.7 Å². The van der Waals surface area contributed by atoms with Gasteiger partial charge in [0.1, 0.15) is 5.78 Å². The molecule has 3 aliphatic carbocycles. The van der Waals surface area contributed by atoms with E-state index in [0.29, 0.717) is 30.0 Å². The Morgan fingerprint density at radius 2 is 1.77 bits per heavy atom. The van der Waals surface area contributed by atoms with Gasteiger partial charge >= 0.3 is 5.97 Å². The average molecular weight is 419 g/mol. The highest BCUT2D eigenvalue weighted by Crippen LogP contribution is 2.64. The van der Waals surface area contributed by atoms with E-state index >= 15 is 0 Å². The molecule has 3 fully saturated rings. The average Bonchev–Trinajstić information content (AvgIpc) is 3.01. The van der Waals surface area contributed by atoms with Crippen molar-refractivity contribution in [3.8, 4) is 0 Å². The van der Waals surface area contributed by atoms with Gasteiger partial charge in [-0.15, -0.1) is 0 Å². The molecular weight excluding hydrogens is 372 g/mol. The molecule has 172 valence electrons. The van der Waals surface area contributed by atoms with Crippen molar-refractivity contribution in [2.45, 2.75) is 112 Å². The van der Waals surface area contributed by atoms with Crippen LogP contribution in [0.5, 0.6) is 0 Å². The maximum atomic E-state index is 13.0. The molecule has 3 aliphatic rings. The van der Waals surface area contributed by atoms with Crippen LogP contribution < -0.4 is 0 Å². The van der Waals surface area contributed by atoms with Crippen LogP contribution in [0.1, 0.15) is 112 Å². The number of ketones is 1. The molecule has 3 rings (SSSR count). The molecule has 0 saturated heterocycles. The van der Waals surface area contributed by atoms with Gasteiger partial charge in [0.25, 0.3) is 0 Å². The molecule has 0 spiro atoms. The molecule has 0 aromatic carbocycles. The van der Waals surface area contributed by atoms with E-state index in [1.807, 2.05) is 0 Å². The molecule has 0 heterocycles. The van der Waals surface area contributed by atoms with Gasteiger partial charge in [0.2, 0.25) is 0 Å². The number of hydrogen-bond acceptors (Lipinski definition) is 2. The Kier molecular flexibility index (Phi) is 7.40. The lowest BCUT2D eigenvalue weighted by Crippen LogP contribution is -2.51. The highest BCUT2D eigenvalue weighted by atomic mass is 16.4. The summed E-state index contributed by atoms with van der Waals surface area (Å²) in [4.78, 5) is 24.9.